The second-order valence-corrected chi connectivity index (χ2v) is 7.68. The van der Waals surface area contributed by atoms with Crippen LogP contribution in [0.1, 0.15) is 0 Å². The van der Waals surface area contributed by atoms with E-state index in [1.807, 2.05) is 49.5 Å². The number of fused-ring (bicyclic) bond motifs is 2. The average molecular weight is 430 g/mol. The minimum atomic E-state index is 0.266. The van der Waals surface area contributed by atoms with Gasteiger partial charge in [0.1, 0.15) is 12.1 Å². The fraction of sp³-hybridized carbons (Fsp3) is 0.0385. The fourth-order valence-electron chi connectivity index (χ4n) is 3.90. The maximum atomic E-state index is 5.90. The SMILES string of the molecule is Cn1cc(-c2ccc(Oc3nccc(-c4cncnc4)n3)cc2)c2nc3ccccc3cc21. The molecular weight excluding hydrogens is 412 g/mol. The van der Waals surface area contributed by atoms with Crippen LogP contribution in [0.4, 0.5) is 0 Å². The van der Waals surface area contributed by atoms with E-state index >= 15 is 0 Å². The molecule has 0 spiro atoms. The number of aromatic nitrogens is 6. The van der Waals surface area contributed by atoms with Crippen LogP contribution in [-0.4, -0.2) is 29.5 Å². The van der Waals surface area contributed by atoms with Crippen molar-refractivity contribution < 1.29 is 4.74 Å². The minimum Gasteiger partial charge on any atom is -0.424 e. The Morgan fingerprint density at radius 1 is 0.848 bits per heavy atom. The zero-order valence-corrected chi connectivity index (χ0v) is 17.8. The molecule has 0 saturated heterocycles. The molecule has 4 aromatic heterocycles. The van der Waals surface area contributed by atoms with Gasteiger partial charge in [0.05, 0.1) is 22.2 Å². The molecule has 2 aromatic carbocycles. The van der Waals surface area contributed by atoms with E-state index in [2.05, 4.69) is 42.8 Å². The fourth-order valence-corrected chi connectivity index (χ4v) is 3.90. The van der Waals surface area contributed by atoms with Gasteiger partial charge in [-0.05, 0) is 35.9 Å². The second kappa shape index (κ2) is 7.80. The monoisotopic (exact) mass is 430 g/mol. The van der Waals surface area contributed by atoms with Gasteiger partial charge in [-0.3, -0.25) is 0 Å². The molecular formula is C26H18N6O. The first-order valence-corrected chi connectivity index (χ1v) is 10.5. The van der Waals surface area contributed by atoms with Crippen LogP contribution in [0.2, 0.25) is 0 Å². The maximum Gasteiger partial charge on any atom is 0.322 e. The number of rotatable bonds is 4. The third kappa shape index (κ3) is 3.55. The molecule has 0 bridgehead atoms. The molecule has 6 rings (SSSR count). The van der Waals surface area contributed by atoms with Gasteiger partial charge >= 0.3 is 6.01 Å². The Kier molecular flexibility index (Phi) is 4.51. The van der Waals surface area contributed by atoms with E-state index in [4.69, 9.17) is 9.72 Å². The molecule has 0 radical (unpaired) electrons. The highest BCUT2D eigenvalue weighted by Gasteiger charge is 2.12. The van der Waals surface area contributed by atoms with Crippen LogP contribution < -0.4 is 4.74 Å². The van der Waals surface area contributed by atoms with Gasteiger partial charge < -0.3 is 9.30 Å². The predicted molar refractivity (Wildman–Crippen MR) is 127 cm³/mol. The Bertz CT molecular complexity index is 1590. The Morgan fingerprint density at radius 2 is 1.67 bits per heavy atom. The van der Waals surface area contributed by atoms with Crippen molar-refractivity contribution >= 4 is 21.9 Å². The molecule has 0 atom stereocenters. The number of hydrogen-bond acceptors (Lipinski definition) is 6. The summed E-state index contributed by atoms with van der Waals surface area (Å²) in [6.45, 7) is 0. The largest absolute Gasteiger partial charge is 0.424 e. The molecule has 0 saturated carbocycles. The van der Waals surface area contributed by atoms with Crippen LogP contribution in [0.25, 0.3) is 44.3 Å². The van der Waals surface area contributed by atoms with Gasteiger partial charge in [-0.15, -0.1) is 0 Å². The summed E-state index contributed by atoms with van der Waals surface area (Å²) in [5, 5.41) is 1.13. The van der Waals surface area contributed by atoms with Crippen LogP contribution in [0.5, 0.6) is 11.8 Å². The lowest BCUT2D eigenvalue weighted by Crippen LogP contribution is -1.94. The molecule has 0 N–H and O–H groups in total. The van der Waals surface area contributed by atoms with Crippen LogP contribution in [0, 0.1) is 0 Å². The number of benzene rings is 2. The van der Waals surface area contributed by atoms with Crippen molar-refractivity contribution in [3.8, 4) is 34.1 Å². The lowest BCUT2D eigenvalue weighted by Gasteiger charge is -2.06. The summed E-state index contributed by atoms with van der Waals surface area (Å²) in [6, 6.07) is 20.3. The van der Waals surface area contributed by atoms with Gasteiger partial charge in [0.25, 0.3) is 0 Å². The maximum absolute atomic E-state index is 5.90. The summed E-state index contributed by atoms with van der Waals surface area (Å²) in [5.74, 6) is 0.652. The van der Waals surface area contributed by atoms with E-state index in [-0.39, 0.29) is 6.01 Å². The van der Waals surface area contributed by atoms with Crippen molar-refractivity contribution in [3.63, 3.8) is 0 Å². The molecule has 0 aliphatic carbocycles. The van der Waals surface area contributed by atoms with E-state index in [0.717, 1.165) is 38.6 Å². The molecule has 4 heterocycles. The number of aryl methyl sites for hydroxylation is 1. The van der Waals surface area contributed by atoms with Gasteiger partial charge in [-0.25, -0.2) is 19.9 Å². The molecule has 0 aliphatic heterocycles. The second-order valence-electron chi connectivity index (χ2n) is 7.68. The van der Waals surface area contributed by atoms with E-state index in [1.54, 1.807) is 24.7 Å². The van der Waals surface area contributed by atoms with Crippen molar-refractivity contribution in [3.05, 3.63) is 91.8 Å². The third-order valence-corrected chi connectivity index (χ3v) is 5.53. The first-order chi connectivity index (χ1) is 16.2. The smallest absolute Gasteiger partial charge is 0.322 e. The summed E-state index contributed by atoms with van der Waals surface area (Å²) >= 11 is 0. The highest BCUT2D eigenvalue weighted by atomic mass is 16.5. The molecule has 0 unspecified atom stereocenters. The first-order valence-electron chi connectivity index (χ1n) is 10.5. The van der Waals surface area contributed by atoms with E-state index in [0.29, 0.717) is 11.4 Å². The number of pyridine rings is 1. The first kappa shape index (κ1) is 19.1. The minimum absolute atomic E-state index is 0.266. The zero-order valence-electron chi connectivity index (χ0n) is 17.8. The lowest BCUT2D eigenvalue weighted by molar-refractivity contribution is 0.442. The Morgan fingerprint density at radius 3 is 2.52 bits per heavy atom. The Hall–Kier alpha value is -4.65. The summed E-state index contributed by atoms with van der Waals surface area (Å²) in [5.41, 5.74) is 6.70. The Balaban J connectivity index is 1.31. The average Bonchev–Trinajstić information content (AvgIpc) is 3.19. The van der Waals surface area contributed by atoms with Crippen molar-refractivity contribution in [2.45, 2.75) is 0 Å². The van der Waals surface area contributed by atoms with Crippen molar-refractivity contribution in [1.29, 1.82) is 0 Å². The van der Waals surface area contributed by atoms with E-state index in [9.17, 15) is 0 Å². The molecule has 33 heavy (non-hydrogen) atoms. The van der Waals surface area contributed by atoms with E-state index in [1.165, 1.54) is 6.33 Å². The Labute approximate surface area is 189 Å². The predicted octanol–water partition coefficient (Wildman–Crippen LogP) is 5.43. The summed E-state index contributed by atoms with van der Waals surface area (Å²) in [6.07, 6.45) is 8.66. The summed E-state index contributed by atoms with van der Waals surface area (Å²) in [7, 11) is 2.04. The van der Waals surface area contributed by atoms with Gasteiger partial charge in [0, 0.05) is 48.3 Å². The van der Waals surface area contributed by atoms with Crippen molar-refractivity contribution in [2.24, 2.45) is 7.05 Å². The zero-order chi connectivity index (χ0) is 22.2. The lowest BCUT2D eigenvalue weighted by atomic mass is 10.1. The third-order valence-electron chi connectivity index (χ3n) is 5.53. The molecule has 0 aliphatic rings. The highest BCUT2D eigenvalue weighted by Crippen LogP contribution is 2.32. The van der Waals surface area contributed by atoms with Gasteiger partial charge in [0.15, 0.2) is 0 Å². The quantitative estimate of drug-likeness (QED) is 0.371. The van der Waals surface area contributed by atoms with Crippen LogP contribution >= 0.6 is 0 Å². The number of hydrogen-bond donors (Lipinski definition) is 0. The number of nitrogens with zero attached hydrogens (tertiary/aromatic N) is 6. The topological polar surface area (TPSA) is 78.6 Å². The summed E-state index contributed by atoms with van der Waals surface area (Å²) in [4.78, 5) is 21.7. The van der Waals surface area contributed by atoms with Crippen LogP contribution in [-0.2, 0) is 7.05 Å². The molecule has 7 heteroatoms. The van der Waals surface area contributed by atoms with Gasteiger partial charge in [-0.1, -0.05) is 30.3 Å². The van der Waals surface area contributed by atoms with Crippen molar-refractivity contribution in [1.82, 2.24) is 29.5 Å². The highest BCUT2D eigenvalue weighted by molar-refractivity contribution is 5.99. The molecule has 7 nitrogen and oxygen atoms in total. The normalized spacial score (nSPS) is 11.2. The molecule has 0 fully saturated rings. The van der Waals surface area contributed by atoms with E-state index < -0.39 is 0 Å². The van der Waals surface area contributed by atoms with Crippen molar-refractivity contribution in [2.75, 3.05) is 0 Å². The number of para-hydroxylation sites is 1. The van der Waals surface area contributed by atoms with Gasteiger partial charge in [-0.2, -0.15) is 4.98 Å². The molecule has 6 aromatic rings. The van der Waals surface area contributed by atoms with Crippen LogP contribution in [0.15, 0.2) is 91.8 Å². The van der Waals surface area contributed by atoms with Crippen LogP contribution in [0.3, 0.4) is 0 Å². The summed E-state index contributed by atoms with van der Waals surface area (Å²) < 4.78 is 8.01. The number of ether oxygens (including phenoxy) is 1. The molecule has 158 valence electrons. The molecule has 0 amide bonds. The standard InChI is InChI=1S/C26H18N6O/c1-32-15-21(25-24(32)12-18-4-2-3-5-22(18)30-25)17-6-8-20(9-7-17)33-26-29-11-10-23(31-26)19-13-27-16-28-14-19/h2-16H,1H3. The van der Waals surface area contributed by atoms with Gasteiger partial charge in [0.2, 0.25) is 0 Å².